The summed E-state index contributed by atoms with van der Waals surface area (Å²) in [7, 11) is 0. The molecule has 30 heavy (non-hydrogen) atoms. The van der Waals surface area contributed by atoms with Crippen LogP contribution >= 0.6 is 0 Å². The number of pyridine rings is 2. The fourth-order valence-corrected chi connectivity index (χ4v) is 4.33. The second-order valence-corrected chi connectivity index (χ2v) is 7.98. The first-order valence-corrected chi connectivity index (χ1v) is 9.99. The Morgan fingerprint density at radius 1 is 0.967 bits per heavy atom. The number of benzene rings is 1. The minimum Gasteiger partial charge on any atom is -0.339 e. The van der Waals surface area contributed by atoms with Crippen LogP contribution in [0, 0.1) is 23.4 Å². The van der Waals surface area contributed by atoms with Crippen LogP contribution in [-0.2, 0) is 0 Å². The Labute approximate surface area is 173 Å². The molecule has 4 rings (SSSR count). The number of aromatic nitrogens is 2. The van der Waals surface area contributed by atoms with Crippen LogP contribution in [0.3, 0.4) is 0 Å². The van der Waals surface area contributed by atoms with Crippen LogP contribution in [0.5, 0.6) is 0 Å². The Balaban J connectivity index is 1.68. The van der Waals surface area contributed by atoms with Crippen molar-refractivity contribution in [2.45, 2.75) is 38.1 Å². The summed E-state index contributed by atoms with van der Waals surface area (Å²) in [6, 6.07) is 8.04. The van der Waals surface area contributed by atoms with E-state index in [2.05, 4.69) is 22.2 Å². The average molecular weight is 412 g/mol. The van der Waals surface area contributed by atoms with E-state index >= 15 is 0 Å². The molecule has 1 saturated carbocycles. The van der Waals surface area contributed by atoms with Crippen molar-refractivity contribution in [2.24, 2.45) is 11.7 Å². The van der Waals surface area contributed by atoms with E-state index in [-0.39, 0.29) is 23.5 Å². The second-order valence-electron chi connectivity index (χ2n) is 7.98. The Morgan fingerprint density at radius 3 is 2.47 bits per heavy atom. The molecule has 3 aromatic rings. The summed E-state index contributed by atoms with van der Waals surface area (Å²) in [6.07, 6.45) is 6.28. The number of hydrogen-bond acceptors (Lipinski definition) is 4. The van der Waals surface area contributed by atoms with Gasteiger partial charge in [0.15, 0.2) is 0 Å². The van der Waals surface area contributed by atoms with Crippen molar-refractivity contribution in [3.05, 3.63) is 71.8 Å². The smallest absolute Gasteiger partial charge is 0.149 e. The number of halogens is 3. The number of rotatable bonds is 4. The van der Waals surface area contributed by atoms with Crippen LogP contribution in [0.15, 0.2) is 48.8 Å². The zero-order valence-corrected chi connectivity index (χ0v) is 16.6. The number of nitrogens with two attached hydrogens (primary N) is 1. The molecule has 1 aliphatic rings. The molecule has 1 fully saturated rings. The average Bonchev–Trinajstić information content (AvgIpc) is 2.70. The van der Waals surface area contributed by atoms with Gasteiger partial charge >= 0.3 is 0 Å². The molecule has 1 aliphatic carbocycles. The molecular formula is C23H23F3N4. The fourth-order valence-electron chi connectivity index (χ4n) is 4.33. The quantitative estimate of drug-likeness (QED) is 0.591. The van der Waals surface area contributed by atoms with Gasteiger partial charge in [0.2, 0.25) is 0 Å². The molecule has 0 bridgehead atoms. The van der Waals surface area contributed by atoms with Gasteiger partial charge in [-0.15, -0.1) is 0 Å². The molecule has 2 aromatic heterocycles. The molecule has 156 valence electrons. The summed E-state index contributed by atoms with van der Waals surface area (Å²) in [5, 5.41) is 3.15. The van der Waals surface area contributed by atoms with E-state index in [1.54, 1.807) is 12.4 Å². The largest absolute Gasteiger partial charge is 0.339 e. The van der Waals surface area contributed by atoms with Crippen molar-refractivity contribution >= 4 is 11.5 Å². The van der Waals surface area contributed by atoms with Gasteiger partial charge in [-0.1, -0.05) is 13.0 Å². The summed E-state index contributed by atoms with van der Waals surface area (Å²) in [5.74, 6) is -1.49. The molecule has 0 aliphatic heterocycles. The summed E-state index contributed by atoms with van der Waals surface area (Å²) in [6.45, 7) is 2.19. The maximum Gasteiger partial charge on any atom is 0.149 e. The summed E-state index contributed by atoms with van der Waals surface area (Å²) in [5.41, 5.74) is 7.13. The molecule has 3 N–H and O–H groups in total. The van der Waals surface area contributed by atoms with E-state index in [9.17, 15) is 13.2 Å². The van der Waals surface area contributed by atoms with Gasteiger partial charge in [-0.3, -0.25) is 4.98 Å². The van der Waals surface area contributed by atoms with Crippen LogP contribution in [0.1, 0.15) is 37.7 Å². The zero-order valence-electron chi connectivity index (χ0n) is 16.6. The molecule has 0 spiro atoms. The standard InChI is InChI=1S/C23H23F3N4/c1-13-9-14(11-15(27)10-13)16-7-8-28-12-20(16)29-21-6-5-19(26)23(30-21)22-17(24)3-2-4-18(22)25/h2-8,12-15H,9-11,27H2,1H3,(H,29,30)/t13-,14+,15-/m0/s1. The number of nitrogens with zero attached hydrogens (tertiary/aromatic N) is 2. The highest BCUT2D eigenvalue weighted by Gasteiger charge is 2.27. The molecule has 4 nitrogen and oxygen atoms in total. The molecule has 2 heterocycles. The van der Waals surface area contributed by atoms with Gasteiger partial charge in [-0.2, -0.15) is 0 Å². The first kappa shape index (κ1) is 20.3. The van der Waals surface area contributed by atoms with Gasteiger partial charge in [0.05, 0.1) is 17.4 Å². The van der Waals surface area contributed by atoms with E-state index in [0.717, 1.165) is 48.7 Å². The SMILES string of the molecule is C[C@@H]1C[C@H](N)C[C@H](c2ccncc2Nc2ccc(F)c(-c3c(F)cccc3F)n2)C1. The van der Waals surface area contributed by atoms with Crippen molar-refractivity contribution in [3.63, 3.8) is 0 Å². The number of anilines is 2. The molecule has 7 heteroatoms. The van der Waals surface area contributed by atoms with Gasteiger partial charge in [0.1, 0.15) is 29.0 Å². The van der Waals surface area contributed by atoms with E-state index < -0.39 is 23.0 Å². The van der Waals surface area contributed by atoms with Crippen LogP contribution in [-0.4, -0.2) is 16.0 Å². The minimum atomic E-state index is -0.870. The van der Waals surface area contributed by atoms with Gasteiger partial charge < -0.3 is 11.1 Å². The summed E-state index contributed by atoms with van der Waals surface area (Å²) < 4.78 is 42.7. The number of hydrogen-bond donors (Lipinski definition) is 2. The highest BCUT2D eigenvalue weighted by molar-refractivity contribution is 5.66. The third kappa shape index (κ3) is 4.16. The lowest BCUT2D eigenvalue weighted by molar-refractivity contribution is 0.308. The molecule has 0 unspecified atom stereocenters. The summed E-state index contributed by atoms with van der Waals surface area (Å²) in [4.78, 5) is 8.34. The molecule has 0 amide bonds. The van der Waals surface area contributed by atoms with Gasteiger partial charge in [-0.25, -0.2) is 18.2 Å². The number of nitrogens with one attached hydrogen (secondary N) is 1. The van der Waals surface area contributed by atoms with Crippen molar-refractivity contribution in [3.8, 4) is 11.3 Å². The lowest BCUT2D eigenvalue weighted by Crippen LogP contribution is -2.31. The van der Waals surface area contributed by atoms with Crippen molar-refractivity contribution < 1.29 is 13.2 Å². The van der Waals surface area contributed by atoms with Crippen LogP contribution in [0.2, 0.25) is 0 Å². The van der Waals surface area contributed by atoms with Crippen molar-refractivity contribution in [1.82, 2.24) is 9.97 Å². The molecule has 3 atom stereocenters. The maximum absolute atomic E-state index is 14.4. The summed E-state index contributed by atoms with van der Waals surface area (Å²) >= 11 is 0. The molecule has 1 aromatic carbocycles. The molecular weight excluding hydrogens is 389 g/mol. The maximum atomic E-state index is 14.4. The third-order valence-corrected chi connectivity index (χ3v) is 5.58. The first-order chi connectivity index (χ1) is 14.4. The zero-order chi connectivity index (χ0) is 21.3. The van der Waals surface area contributed by atoms with E-state index in [1.165, 1.54) is 12.1 Å². The van der Waals surface area contributed by atoms with Crippen molar-refractivity contribution in [2.75, 3.05) is 5.32 Å². The lowest BCUT2D eigenvalue weighted by Gasteiger charge is -2.32. The second kappa shape index (κ2) is 8.44. The highest BCUT2D eigenvalue weighted by atomic mass is 19.1. The Bertz CT molecular complexity index is 1030. The topological polar surface area (TPSA) is 63.8 Å². The Hall–Kier alpha value is -2.93. The van der Waals surface area contributed by atoms with Crippen LogP contribution in [0.4, 0.5) is 24.7 Å². The van der Waals surface area contributed by atoms with Gasteiger partial charge in [-0.05, 0) is 67.0 Å². The third-order valence-electron chi connectivity index (χ3n) is 5.58. The lowest BCUT2D eigenvalue weighted by atomic mass is 9.76. The van der Waals surface area contributed by atoms with Gasteiger partial charge in [0.25, 0.3) is 0 Å². The monoisotopic (exact) mass is 412 g/mol. The van der Waals surface area contributed by atoms with Crippen LogP contribution in [0.25, 0.3) is 11.3 Å². The van der Waals surface area contributed by atoms with Crippen LogP contribution < -0.4 is 11.1 Å². The highest BCUT2D eigenvalue weighted by Crippen LogP contribution is 2.39. The molecule has 0 saturated heterocycles. The predicted molar refractivity (Wildman–Crippen MR) is 111 cm³/mol. The fraction of sp³-hybridized carbons (Fsp3) is 0.304. The molecule has 0 radical (unpaired) electrons. The van der Waals surface area contributed by atoms with E-state index in [1.807, 2.05) is 6.07 Å². The predicted octanol–water partition coefficient (Wildman–Crippen LogP) is 5.54. The van der Waals surface area contributed by atoms with Crippen molar-refractivity contribution in [1.29, 1.82) is 0 Å². The van der Waals surface area contributed by atoms with E-state index in [4.69, 9.17) is 5.73 Å². The van der Waals surface area contributed by atoms with E-state index in [0.29, 0.717) is 5.92 Å². The Kier molecular flexibility index (Phi) is 5.72. The minimum absolute atomic E-state index is 0.138. The first-order valence-electron chi connectivity index (χ1n) is 9.99. The normalized spacial score (nSPS) is 21.4. The van der Waals surface area contributed by atoms with Gasteiger partial charge in [0, 0.05) is 12.2 Å². The Morgan fingerprint density at radius 2 is 1.73 bits per heavy atom.